The molecule has 0 amide bonds. The molecule has 1 aliphatic rings. The van der Waals surface area contributed by atoms with Crippen LogP contribution in [0.4, 0.5) is 18.9 Å². The van der Waals surface area contributed by atoms with E-state index >= 15 is 0 Å². The number of halogens is 3. The van der Waals surface area contributed by atoms with Gasteiger partial charge >= 0.3 is 12.1 Å². The van der Waals surface area contributed by atoms with E-state index in [9.17, 15) is 28.2 Å². The Bertz CT molecular complexity index is 1150. The van der Waals surface area contributed by atoms with E-state index in [0.29, 0.717) is 26.8 Å². The van der Waals surface area contributed by atoms with Gasteiger partial charge in [0.2, 0.25) is 6.35 Å². The van der Waals surface area contributed by atoms with Crippen molar-refractivity contribution in [2.45, 2.75) is 18.8 Å². The van der Waals surface area contributed by atoms with Crippen molar-refractivity contribution >= 4 is 33.3 Å². The van der Waals surface area contributed by atoms with E-state index in [2.05, 4.69) is 4.37 Å². The third-order valence-corrected chi connectivity index (χ3v) is 5.58. The molecule has 2 N–H and O–H groups in total. The van der Waals surface area contributed by atoms with Crippen LogP contribution in [0.1, 0.15) is 10.5 Å². The Morgan fingerprint density at radius 1 is 1.16 bits per heavy atom. The SMILES string of the molecule is CN1C(C(F)(F)F)=CC(O)N(c2ccc3snc(C(=O)Oc4ccccc4)c3c2)C1O. The minimum atomic E-state index is -4.74. The number of ether oxygens (including phenoxy) is 1. The van der Waals surface area contributed by atoms with E-state index in [1.54, 1.807) is 36.4 Å². The zero-order valence-electron chi connectivity index (χ0n) is 15.9. The molecule has 0 radical (unpaired) electrons. The summed E-state index contributed by atoms with van der Waals surface area (Å²) in [7, 11) is 1.07. The highest BCUT2D eigenvalue weighted by molar-refractivity contribution is 7.13. The smallest absolute Gasteiger partial charge is 0.422 e. The molecule has 0 saturated carbocycles. The number of rotatable bonds is 3. The number of carbonyl (C=O) groups is 1. The summed E-state index contributed by atoms with van der Waals surface area (Å²) < 4.78 is 49.5. The molecule has 2 unspecified atom stereocenters. The Balaban J connectivity index is 1.69. The maximum absolute atomic E-state index is 13.1. The topological polar surface area (TPSA) is 86.1 Å². The van der Waals surface area contributed by atoms with Crippen molar-refractivity contribution in [1.29, 1.82) is 0 Å². The van der Waals surface area contributed by atoms with E-state index < -0.39 is 30.4 Å². The highest BCUT2D eigenvalue weighted by atomic mass is 32.1. The Kier molecular flexibility index (Phi) is 5.33. The molecule has 2 aromatic carbocycles. The van der Waals surface area contributed by atoms with E-state index in [1.165, 1.54) is 12.1 Å². The summed E-state index contributed by atoms with van der Waals surface area (Å²) in [5, 5.41) is 21.1. The van der Waals surface area contributed by atoms with Crippen LogP contribution in [0.2, 0.25) is 0 Å². The molecule has 162 valence electrons. The fourth-order valence-electron chi connectivity index (χ4n) is 3.25. The van der Waals surface area contributed by atoms with Gasteiger partial charge in [-0.05, 0) is 47.9 Å². The van der Waals surface area contributed by atoms with Crippen LogP contribution in [0.3, 0.4) is 0 Å². The Morgan fingerprint density at radius 3 is 2.55 bits per heavy atom. The standard InChI is InChI=1S/C20H16F3N3O4S/c1-25-15(20(21,22)23)10-16(27)26(19(25)29)11-7-8-14-13(9-11)17(24-31-14)18(28)30-12-5-3-2-4-6-12/h2-10,16,19,27,29H,1H3. The lowest BCUT2D eigenvalue weighted by molar-refractivity contribution is -0.133. The number of esters is 1. The first kappa shape index (κ1) is 21.1. The third kappa shape index (κ3) is 3.94. The lowest BCUT2D eigenvalue weighted by Gasteiger charge is -2.43. The van der Waals surface area contributed by atoms with Gasteiger partial charge in [0.1, 0.15) is 11.4 Å². The molecule has 0 saturated heterocycles. The van der Waals surface area contributed by atoms with Crippen LogP contribution in [0.5, 0.6) is 5.75 Å². The van der Waals surface area contributed by atoms with Gasteiger partial charge in [-0.1, -0.05) is 18.2 Å². The number of hydrogen-bond acceptors (Lipinski definition) is 8. The number of hydrogen-bond donors (Lipinski definition) is 2. The number of allylic oxidation sites excluding steroid dienone is 1. The number of carbonyl (C=O) groups excluding carboxylic acids is 1. The van der Waals surface area contributed by atoms with Gasteiger partial charge in [0.05, 0.1) is 4.70 Å². The maximum Gasteiger partial charge on any atom is 0.431 e. The molecule has 11 heteroatoms. The molecule has 0 aliphatic carbocycles. The molecule has 7 nitrogen and oxygen atoms in total. The first-order chi connectivity index (χ1) is 14.7. The van der Waals surface area contributed by atoms with Gasteiger partial charge in [-0.2, -0.15) is 17.5 Å². The van der Waals surface area contributed by atoms with Crippen molar-refractivity contribution in [3.8, 4) is 5.75 Å². The van der Waals surface area contributed by atoms with Gasteiger partial charge in [0.15, 0.2) is 11.9 Å². The predicted octanol–water partition coefficient (Wildman–Crippen LogP) is 3.31. The molecule has 1 aromatic heterocycles. The number of aliphatic hydroxyl groups is 2. The van der Waals surface area contributed by atoms with Gasteiger partial charge in [0.25, 0.3) is 0 Å². The summed E-state index contributed by atoms with van der Waals surface area (Å²) in [6.07, 6.45) is -7.67. The average Bonchev–Trinajstić information content (AvgIpc) is 3.14. The van der Waals surface area contributed by atoms with Crippen LogP contribution >= 0.6 is 11.5 Å². The number of para-hydroxylation sites is 1. The summed E-state index contributed by atoms with van der Waals surface area (Å²) >= 11 is 1.05. The summed E-state index contributed by atoms with van der Waals surface area (Å²) in [6.45, 7) is 0. The van der Waals surface area contributed by atoms with Crippen LogP contribution in [-0.4, -0.2) is 51.3 Å². The summed E-state index contributed by atoms with van der Waals surface area (Å²) in [6, 6.07) is 13.0. The third-order valence-electron chi connectivity index (χ3n) is 4.76. The minimum absolute atomic E-state index is 0.0200. The van der Waals surface area contributed by atoms with Gasteiger partial charge in [0, 0.05) is 18.1 Å². The van der Waals surface area contributed by atoms with Crippen molar-refractivity contribution in [3.63, 3.8) is 0 Å². The molecule has 0 spiro atoms. The Morgan fingerprint density at radius 2 is 1.87 bits per heavy atom. The second kappa shape index (κ2) is 7.84. The maximum atomic E-state index is 13.1. The zero-order valence-corrected chi connectivity index (χ0v) is 16.8. The first-order valence-corrected chi connectivity index (χ1v) is 9.77. The van der Waals surface area contributed by atoms with Crippen molar-refractivity contribution in [2.24, 2.45) is 0 Å². The van der Waals surface area contributed by atoms with Crippen LogP contribution in [0.15, 0.2) is 60.3 Å². The summed E-state index contributed by atoms with van der Waals surface area (Å²) in [4.78, 5) is 14.2. The van der Waals surface area contributed by atoms with Gasteiger partial charge in [-0.15, -0.1) is 0 Å². The van der Waals surface area contributed by atoms with E-state index in [0.717, 1.165) is 23.5 Å². The lowest BCUT2D eigenvalue weighted by Crippen LogP contribution is -2.56. The van der Waals surface area contributed by atoms with E-state index in [4.69, 9.17) is 4.74 Å². The van der Waals surface area contributed by atoms with Gasteiger partial charge in [-0.3, -0.25) is 4.90 Å². The fraction of sp³-hybridized carbons (Fsp3) is 0.200. The monoisotopic (exact) mass is 451 g/mol. The minimum Gasteiger partial charge on any atom is -0.422 e. The zero-order chi connectivity index (χ0) is 22.3. The normalized spacial score (nSPS) is 19.5. The highest BCUT2D eigenvalue weighted by Crippen LogP contribution is 2.36. The number of aromatic nitrogens is 1. The van der Waals surface area contributed by atoms with Crippen LogP contribution in [0, 0.1) is 0 Å². The molecular weight excluding hydrogens is 435 g/mol. The quantitative estimate of drug-likeness (QED) is 0.467. The predicted molar refractivity (Wildman–Crippen MR) is 107 cm³/mol. The molecule has 1 aliphatic heterocycles. The molecule has 0 bridgehead atoms. The number of alkyl halides is 3. The number of fused-ring (bicyclic) bond motifs is 1. The van der Waals surface area contributed by atoms with E-state index in [1.807, 2.05) is 0 Å². The Labute approximate surface area is 178 Å². The molecule has 2 heterocycles. The van der Waals surface area contributed by atoms with Crippen molar-refractivity contribution in [1.82, 2.24) is 9.27 Å². The second-order valence-corrected chi connectivity index (χ2v) is 7.55. The molecular formula is C20H16F3N3O4S. The van der Waals surface area contributed by atoms with Crippen LogP contribution in [0.25, 0.3) is 10.1 Å². The summed E-state index contributed by atoms with van der Waals surface area (Å²) in [5.41, 5.74) is -0.938. The van der Waals surface area contributed by atoms with Crippen LogP contribution in [-0.2, 0) is 0 Å². The molecule has 2 atom stereocenters. The molecule has 31 heavy (non-hydrogen) atoms. The fourth-order valence-corrected chi connectivity index (χ4v) is 3.99. The number of anilines is 1. The van der Waals surface area contributed by atoms with Crippen molar-refractivity contribution in [3.05, 3.63) is 66.0 Å². The number of benzene rings is 2. The Hall–Kier alpha value is -3.15. The molecule has 4 rings (SSSR count). The summed E-state index contributed by atoms with van der Waals surface area (Å²) in [5.74, 6) is -0.371. The van der Waals surface area contributed by atoms with E-state index in [-0.39, 0.29) is 11.4 Å². The van der Waals surface area contributed by atoms with Crippen molar-refractivity contribution in [2.75, 3.05) is 11.9 Å². The number of aliphatic hydroxyl groups excluding tert-OH is 2. The molecule has 0 fully saturated rings. The largest absolute Gasteiger partial charge is 0.431 e. The lowest BCUT2D eigenvalue weighted by atomic mass is 10.1. The first-order valence-electron chi connectivity index (χ1n) is 9.00. The van der Waals surface area contributed by atoms with Gasteiger partial charge < -0.3 is 19.8 Å². The van der Waals surface area contributed by atoms with Crippen LogP contribution < -0.4 is 9.64 Å². The number of nitrogens with zero attached hydrogens (tertiary/aromatic N) is 3. The highest BCUT2D eigenvalue weighted by Gasteiger charge is 2.44. The van der Waals surface area contributed by atoms with Gasteiger partial charge in [-0.25, -0.2) is 4.79 Å². The molecule has 3 aromatic rings. The second-order valence-electron chi connectivity index (χ2n) is 6.74. The van der Waals surface area contributed by atoms with Crippen molar-refractivity contribution < 1.29 is 32.9 Å². The average molecular weight is 451 g/mol.